The molecule has 0 aliphatic carbocycles. The van der Waals surface area contributed by atoms with Crippen LogP contribution in [0.2, 0.25) is 0 Å². The first kappa shape index (κ1) is 43.2. The summed E-state index contributed by atoms with van der Waals surface area (Å²) >= 11 is 5.22. The van der Waals surface area contributed by atoms with Gasteiger partial charge in [0, 0.05) is 6.92 Å². The summed E-state index contributed by atoms with van der Waals surface area (Å²) in [6, 6.07) is 0. The van der Waals surface area contributed by atoms with Crippen LogP contribution in [-0.4, -0.2) is 93.3 Å². The molecule has 0 saturated carbocycles. The van der Waals surface area contributed by atoms with E-state index < -0.39 is 74.6 Å². The van der Waals surface area contributed by atoms with Crippen molar-refractivity contribution in [2.45, 2.75) is 130 Å². The van der Waals surface area contributed by atoms with Crippen molar-refractivity contribution in [1.82, 2.24) is 37.2 Å². The molecule has 7 N–H and O–H groups in total. The first-order valence-corrected chi connectivity index (χ1v) is 15.6. The molecular weight excluding hydrogens is 630 g/mol. The molecule has 15 nitrogen and oxygen atoms in total. The number of hydrogen-bond donors (Lipinski definition) is 7. The van der Waals surface area contributed by atoms with Gasteiger partial charge in [-0.3, -0.25) is 28.8 Å². The van der Waals surface area contributed by atoms with Crippen molar-refractivity contribution in [2.24, 2.45) is 5.92 Å². The summed E-state index contributed by atoms with van der Waals surface area (Å²) in [5.74, 6) is -4.54. The first-order chi connectivity index (χ1) is 20.9. The molecule has 0 bridgehead atoms. The smallest absolute Gasteiger partial charge is 0.330 e. The second-order valence-electron chi connectivity index (χ2n) is 14.7. The molecule has 0 aromatic rings. The van der Waals surface area contributed by atoms with Crippen LogP contribution >= 0.6 is 12.2 Å². The topological polar surface area (TPSA) is 213 Å². The molecule has 0 heterocycles. The maximum atomic E-state index is 13.3. The number of nitrogens with one attached hydrogen (secondary N) is 7. The molecule has 0 aromatic carbocycles. The Hall–Kier alpha value is -3.82. The lowest BCUT2D eigenvalue weighted by Gasteiger charge is -2.38. The van der Waals surface area contributed by atoms with E-state index in [1.54, 1.807) is 34.6 Å². The summed E-state index contributed by atoms with van der Waals surface area (Å²) in [6.45, 7) is 20.9. The number of methoxy groups -OCH3 is 1. The van der Waals surface area contributed by atoms with Crippen LogP contribution in [0, 0.1) is 5.92 Å². The van der Waals surface area contributed by atoms with Crippen LogP contribution in [0.15, 0.2) is 0 Å². The van der Waals surface area contributed by atoms with Crippen molar-refractivity contribution < 1.29 is 38.3 Å². The van der Waals surface area contributed by atoms with Gasteiger partial charge in [-0.2, -0.15) is 0 Å². The minimum atomic E-state index is -1.55. The number of thiocarbonyl (C=S) groups is 1. The zero-order valence-corrected chi connectivity index (χ0v) is 31.3. The molecule has 0 spiro atoms. The Labute approximate surface area is 283 Å². The Kier molecular flexibility index (Phi) is 14.1. The summed E-state index contributed by atoms with van der Waals surface area (Å²) in [4.78, 5) is 89.7. The Balaban J connectivity index is 5.50. The highest BCUT2D eigenvalue weighted by Crippen LogP contribution is 2.19. The highest BCUT2D eigenvalue weighted by Gasteiger charge is 2.44. The number of esters is 1. The van der Waals surface area contributed by atoms with E-state index in [2.05, 4.69) is 37.2 Å². The van der Waals surface area contributed by atoms with Gasteiger partial charge in [-0.1, -0.05) is 26.1 Å². The minimum absolute atomic E-state index is 0.122. The lowest BCUT2D eigenvalue weighted by molar-refractivity contribution is -0.146. The van der Waals surface area contributed by atoms with Gasteiger partial charge in [0.15, 0.2) is 0 Å². The lowest BCUT2D eigenvalue weighted by atomic mass is 9.86. The molecule has 0 fully saturated rings. The summed E-state index contributed by atoms with van der Waals surface area (Å²) < 4.78 is 4.72. The van der Waals surface area contributed by atoms with Gasteiger partial charge in [0.05, 0.1) is 18.6 Å². The van der Waals surface area contributed by atoms with Gasteiger partial charge >= 0.3 is 5.97 Å². The van der Waals surface area contributed by atoms with Crippen LogP contribution in [0.25, 0.3) is 0 Å². The van der Waals surface area contributed by atoms with Gasteiger partial charge in [-0.05, 0) is 82.1 Å². The van der Waals surface area contributed by atoms with E-state index in [1.165, 1.54) is 69.4 Å². The highest BCUT2D eigenvalue weighted by atomic mass is 32.1. The van der Waals surface area contributed by atoms with Crippen molar-refractivity contribution in [3.05, 3.63) is 0 Å². The van der Waals surface area contributed by atoms with Crippen LogP contribution in [0.3, 0.4) is 0 Å². The maximum absolute atomic E-state index is 13.3. The highest BCUT2D eigenvalue weighted by molar-refractivity contribution is 7.80. The number of carbonyl (C=O) groups is 7. The SMILES string of the molecule is COC(=O)C(C)(C)NC(=S)CNC(=O)C(C)(C)NC(=O)C(C)(C)NC(=O)C(C)(C)NC(=O)C(C)(C)NC(=O)[C@@](C)(NC(C)=O)C(C)C. The molecule has 1 atom stereocenters. The Morgan fingerprint density at radius 3 is 1.21 bits per heavy atom. The fraction of sp³-hybridized carbons (Fsp3) is 0.742. The monoisotopic (exact) mass is 685 g/mol. The van der Waals surface area contributed by atoms with E-state index in [9.17, 15) is 33.6 Å². The average molecular weight is 686 g/mol. The van der Waals surface area contributed by atoms with Gasteiger partial charge in [0.2, 0.25) is 35.4 Å². The molecule has 268 valence electrons. The molecule has 16 heteroatoms. The second kappa shape index (κ2) is 15.4. The van der Waals surface area contributed by atoms with E-state index >= 15 is 0 Å². The molecule has 0 unspecified atom stereocenters. The Morgan fingerprint density at radius 2 is 0.894 bits per heavy atom. The third kappa shape index (κ3) is 12.0. The predicted molar refractivity (Wildman–Crippen MR) is 181 cm³/mol. The summed E-state index contributed by atoms with van der Waals surface area (Å²) in [6.07, 6.45) is 0. The van der Waals surface area contributed by atoms with Gasteiger partial charge < -0.3 is 42.0 Å². The molecule has 47 heavy (non-hydrogen) atoms. The molecule has 6 amide bonds. The number of amides is 6. The van der Waals surface area contributed by atoms with E-state index in [0.717, 1.165) is 0 Å². The van der Waals surface area contributed by atoms with E-state index in [0.29, 0.717) is 0 Å². The third-order valence-electron chi connectivity index (χ3n) is 7.59. The van der Waals surface area contributed by atoms with Gasteiger partial charge in [-0.25, -0.2) is 4.79 Å². The van der Waals surface area contributed by atoms with E-state index in [-0.39, 0.29) is 17.5 Å². The van der Waals surface area contributed by atoms with Crippen molar-refractivity contribution in [3.63, 3.8) is 0 Å². The summed E-state index contributed by atoms with van der Waals surface area (Å²) in [5, 5.41) is 18.5. The van der Waals surface area contributed by atoms with Crippen LogP contribution in [0.1, 0.15) is 96.9 Å². The minimum Gasteiger partial charge on any atom is -0.467 e. The quantitative estimate of drug-likeness (QED) is 0.0913. The zero-order valence-electron chi connectivity index (χ0n) is 30.5. The van der Waals surface area contributed by atoms with Crippen molar-refractivity contribution in [2.75, 3.05) is 13.7 Å². The van der Waals surface area contributed by atoms with Crippen molar-refractivity contribution in [3.8, 4) is 0 Å². The van der Waals surface area contributed by atoms with E-state index in [1.807, 2.05) is 0 Å². The molecular formula is C31H55N7O8S. The lowest BCUT2D eigenvalue weighted by Crippen LogP contribution is -2.69. The molecule has 0 radical (unpaired) electrons. The maximum Gasteiger partial charge on any atom is 0.330 e. The van der Waals surface area contributed by atoms with Gasteiger partial charge in [0.25, 0.3) is 0 Å². The second-order valence-corrected chi connectivity index (χ2v) is 15.2. The predicted octanol–water partition coefficient (Wildman–Crippen LogP) is 0.101. The molecule has 0 aliphatic heterocycles. The standard InChI is InChI=1S/C31H55N7O8S/c1-17(2)31(14,33-18(3)39)24(44)38-29(10,11)23(43)37-28(8,9)22(42)36-27(6,7)21(41)35-26(4,5)20(40)32-16-19(47)34-30(12,13)25(45)46-15/h17H,16H2,1-15H3,(H,32,40)(H,33,39)(H,34,47)(H,35,41)(H,36,42)(H,37,43)(H,38,44)/t31-/m0/s1. The van der Waals surface area contributed by atoms with Crippen LogP contribution < -0.4 is 37.2 Å². The Bertz CT molecular complexity index is 1270. The van der Waals surface area contributed by atoms with Crippen LogP contribution in [0.5, 0.6) is 0 Å². The molecule has 0 aromatic heterocycles. The number of ether oxygens (including phenoxy) is 1. The molecule has 0 rings (SSSR count). The fourth-order valence-corrected chi connectivity index (χ4v) is 4.20. The van der Waals surface area contributed by atoms with E-state index in [4.69, 9.17) is 17.0 Å². The zero-order chi connectivity index (χ0) is 37.6. The number of hydrogen-bond acceptors (Lipinski definition) is 9. The largest absolute Gasteiger partial charge is 0.467 e. The van der Waals surface area contributed by atoms with Crippen molar-refractivity contribution in [1.29, 1.82) is 0 Å². The average Bonchev–Trinajstić information content (AvgIpc) is 2.89. The van der Waals surface area contributed by atoms with Crippen LogP contribution in [0.4, 0.5) is 0 Å². The summed E-state index contributed by atoms with van der Waals surface area (Å²) in [7, 11) is 1.24. The third-order valence-corrected chi connectivity index (χ3v) is 7.84. The normalized spacial score (nSPS) is 13.7. The first-order valence-electron chi connectivity index (χ1n) is 15.1. The summed E-state index contributed by atoms with van der Waals surface area (Å²) in [5.41, 5.74) is -8.46. The van der Waals surface area contributed by atoms with Gasteiger partial charge in [-0.15, -0.1) is 0 Å². The fourth-order valence-electron chi connectivity index (χ4n) is 3.87. The number of carbonyl (C=O) groups excluding carboxylic acids is 7. The van der Waals surface area contributed by atoms with Gasteiger partial charge in [0.1, 0.15) is 33.2 Å². The Morgan fingerprint density at radius 1 is 0.553 bits per heavy atom. The van der Waals surface area contributed by atoms with Crippen LogP contribution in [-0.2, 0) is 38.3 Å². The number of rotatable bonds is 15. The molecule has 0 saturated heterocycles. The van der Waals surface area contributed by atoms with Crippen molar-refractivity contribution >= 4 is 58.6 Å². The molecule has 0 aliphatic rings.